The first-order valence-electron chi connectivity index (χ1n) is 14.7. The van der Waals surface area contributed by atoms with E-state index in [1.807, 2.05) is 6.92 Å². The molecular formula is C32H33F5N6O4. The number of hydrogen-bond donors (Lipinski definition) is 2. The van der Waals surface area contributed by atoms with Crippen molar-refractivity contribution in [3.8, 4) is 11.5 Å². The maximum atomic E-state index is 15.6. The number of ether oxygens (including phenoxy) is 2. The molecule has 3 N–H and O–H groups in total. The monoisotopic (exact) mass is 660 g/mol. The number of benzene rings is 2. The van der Waals surface area contributed by atoms with Gasteiger partial charge in [-0.25, -0.2) is 32.7 Å². The van der Waals surface area contributed by atoms with Crippen LogP contribution < -0.4 is 15.8 Å². The smallest absolute Gasteiger partial charge is 0.330 e. The lowest BCUT2D eigenvalue weighted by Gasteiger charge is -2.25. The fraction of sp³-hybridized carbons (Fsp3) is 0.344. The standard InChI is InChI=1S/C32H33F5N6O4/c1-4-19(17-10-12-43(15-17)32(45)40-11-6-7-24(44)46-5-2)29-25(31(38)42-16-41-29)28(39-3)20-9-8-18(13-21(20)33)47-30-26(36)22(34)14-23(35)27(30)37/h6-9,13-14,16-17,19H,4-5,10-12,15H2,1-3H3,(H,40,45)(H2,38,41,42)/b7-6+,39-28?. The van der Waals surface area contributed by atoms with Crippen molar-refractivity contribution >= 4 is 23.5 Å². The highest BCUT2D eigenvalue weighted by Crippen LogP contribution is 2.38. The predicted octanol–water partition coefficient (Wildman–Crippen LogP) is 5.66. The van der Waals surface area contributed by atoms with Crippen LogP contribution in [0.4, 0.5) is 32.6 Å². The topological polar surface area (TPSA) is 132 Å². The number of nitrogens with two attached hydrogens (primary N) is 1. The molecule has 15 heteroatoms. The minimum absolute atomic E-state index is 0.0223. The molecule has 0 aliphatic carbocycles. The van der Waals surface area contributed by atoms with E-state index in [-0.39, 0.29) is 59.7 Å². The van der Waals surface area contributed by atoms with Crippen molar-refractivity contribution in [2.24, 2.45) is 10.9 Å². The molecule has 0 spiro atoms. The Morgan fingerprint density at radius 2 is 1.83 bits per heavy atom. The van der Waals surface area contributed by atoms with Gasteiger partial charge < -0.3 is 25.4 Å². The first-order valence-corrected chi connectivity index (χ1v) is 14.7. The molecule has 0 radical (unpaired) electrons. The maximum Gasteiger partial charge on any atom is 0.330 e. The number of esters is 1. The molecule has 1 fully saturated rings. The van der Waals surface area contributed by atoms with Crippen LogP contribution in [0.25, 0.3) is 0 Å². The molecule has 10 nitrogen and oxygen atoms in total. The second-order valence-electron chi connectivity index (χ2n) is 10.5. The van der Waals surface area contributed by atoms with Crippen LogP contribution in [0.2, 0.25) is 0 Å². The second kappa shape index (κ2) is 15.5. The molecule has 2 atom stereocenters. The highest BCUT2D eigenvalue weighted by molar-refractivity contribution is 6.16. The number of likely N-dealkylation sites (tertiary alicyclic amines) is 1. The number of carbonyl (C=O) groups excluding carboxylic acids is 2. The van der Waals surface area contributed by atoms with E-state index in [4.69, 9.17) is 15.2 Å². The summed E-state index contributed by atoms with van der Waals surface area (Å²) >= 11 is 0. The van der Waals surface area contributed by atoms with E-state index in [1.165, 1.54) is 31.6 Å². The van der Waals surface area contributed by atoms with E-state index >= 15 is 4.39 Å². The Balaban J connectivity index is 1.56. The SMILES string of the molecule is CCOC(=O)/C=C/CNC(=O)N1CCC(C(CC)c2ncnc(N)c2C(=NC)c2ccc(Oc3c(F)c(F)cc(F)c3F)cc2F)C1. The Morgan fingerprint density at radius 1 is 1.11 bits per heavy atom. The van der Waals surface area contributed by atoms with E-state index in [1.54, 1.807) is 11.8 Å². The molecule has 250 valence electrons. The average Bonchev–Trinajstić information content (AvgIpc) is 3.53. The Bertz CT molecular complexity index is 1680. The van der Waals surface area contributed by atoms with Gasteiger partial charge in [-0.15, -0.1) is 0 Å². The Morgan fingerprint density at radius 3 is 2.47 bits per heavy atom. The fourth-order valence-electron chi connectivity index (χ4n) is 5.47. The molecule has 2 amide bonds. The van der Waals surface area contributed by atoms with E-state index in [0.29, 0.717) is 31.6 Å². The number of amides is 2. The van der Waals surface area contributed by atoms with E-state index < -0.39 is 46.6 Å². The average molecular weight is 661 g/mol. The number of rotatable bonds is 11. The summed E-state index contributed by atoms with van der Waals surface area (Å²) < 4.78 is 80.9. The number of aromatic nitrogens is 2. The zero-order valence-corrected chi connectivity index (χ0v) is 25.8. The molecule has 1 aromatic heterocycles. The van der Waals surface area contributed by atoms with Crippen LogP contribution in [-0.4, -0.2) is 65.9 Å². The summed E-state index contributed by atoms with van der Waals surface area (Å²) in [5.74, 6) is -10.4. The van der Waals surface area contributed by atoms with Gasteiger partial charge in [0.1, 0.15) is 23.7 Å². The fourth-order valence-corrected chi connectivity index (χ4v) is 5.47. The molecule has 2 heterocycles. The summed E-state index contributed by atoms with van der Waals surface area (Å²) in [4.78, 5) is 38.8. The number of nitrogens with zero attached hydrogens (tertiary/aromatic N) is 4. The van der Waals surface area contributed by atoms with Crippen LogP contribution in [0, 0.1) is 35.0 Å². The van der Waals surface area contributed by atoms with E-state index in [9.17, 15) is 27.2 Å². The van der Waals surface area contributed by atoms with Crippen molar-refractivity contribution in [1.29, 1.82) is 0 Å². The maximum absolute atomic E-state index is 15.6. The number of nitrogen functional groups attached to an aromatic ring is 1. The van der Waals surface area contributed by atoms with Crippen molar-refractivity contribution in [3.05, 3.63) is 88.7 Å². The summed E-state index contributed by atoms with van der Waals surface area (Å²) in [6.45, 7) is 4.87. The van der Waals surface area contributed by atoms with Crippen LogP contribution in [0.1, 0.15) is 49.4 Å². The summed E-state index contributed by atoms with van der Waals surface area (Å²) in [6, 6.07) is 2.88. The van der Waals surface area contributed by atoms with Crippen LogP contribution in [0.3, 0.4) is 0 Å². The van der Waals surface area contributed by atoms with Gasteiger partial charge in [-0.1, -0.05) is 13.0 Å². The Kier molecular flexibility index (Phi) is 11.5. The molecule has 2 unspecified atom stereocenters. The first kappa shape index (κ1) is 34.8. The number of hydrogen-bond acceptors (Lipinski definition) is 8. The minimum atomic E-state index is -1.78. The van der Waals surface area contributed by atoms with Gasteiger partial charge in [0.2, 0.25) is 17.4 Å². The summed E-state index contributed by atoms with van der Waals surface area (Å²) in [6.07, 6.45) is 5.25. The molecule has 1 saturated heterocycles. The molecule has 3 aromatic rings. The van der Waals surface area contributed by atoms with Gasteiger partial charge in [0.05, 0.1) is 23.6 Å². The number of halogens is 5. The van der Waals surface area contributed by atoms with Crippen LogP contribution in [-0.2, 0) is 9.53 Å². The van der Waals surface area contributed by atoms with Gasteiger partial charge in [0.25, 0.3) is 0 Å². The Labute approximate surface area is 267 Å². The predicted molar refractivity (Wildman–Crippen MR) is 163 cm³/mol. The van der Waals surface area contributed by atoms with Gasteiger partial charge in [0.15, 0.2) is 11.6 Å². The molecule has 1 aliphatic rings. The normalized spacial score (nSPS) is 15.6. The van der Waals surface area contributed by atoms with Crippen molar-refractivity contribution in [2.45, 2.75) is 32.6 Å². The highest BCUT2D eigenvalue weighted by Gasteiger charge is 2.35. The molecule has 47 heavy (non-hydrogen) atoms. The first-order chi connectivity index (χ1) is 22.5. The van der Waals surface area contributed by atoms with Gasteiger partial charge in [-0.05, 0) is 37.8 Å². The van der Waals surface area contributed by atoms with Crippen LogP contribution in [0.5, 0.6) is 11.5 Å². The van der Waals surface area contributed by atoms with Crippen molar-refractivity contribution in [1.82, 2.24) is 20.2 Å². The number of anilines is 1. The molecule has 1 aliphatic heterocycles. The zero-order chi connectivity index (χ0) is 34.2. The summed E-state index contributed by atoms with van der Waals surface area (Å²) in [5, 5.41) is 2.74. The Hall–Kier alpha value is -5.08. The third kappa shape index (κ3) is 7.84. The summed E-state index contributed by atoms with van der Waals surface area (Å²) in [5.41, 5.74) is 7.07. The van der Waals surface area contributed by atoms with Gasteiger partial charge >= 0.3 is 12.0 Å². The number of aliphatic imine (C=N–C) groups is 1. The van der Waals surface area contributed by atoms with Crippen LogP contribution in [0.15, 0.2) is 47.7 Å². The number of urea groups is 1. The second-order valence-corrected chi connectivity index (χ2v) is 10.5. The van der Waals surface area contributed by atoms with Crippen molar-refractivity contribution in [3.63, 3.8) is 0 Å². The summed E-state index contributed by atoms with van der Waals surface area (Å²) in [7, 11) is 1.41. The third-order valence-corrected chi connectivity index (χ3v) is 7.64. The molecular weight excluding hydrogens is 627 g/mol. The molecule has 0 saturated carbocycles. The lowest BCUT2D eigenvalue weighted by molar-refractivity contribution is -0.137. The minimum Gasteiger partial charge on any atom is -0.463 e. The van der Waals surface area contributed by atoms with E-state index in [0.717, 1.165) is 12.1 Å². The highest BCUT2D eigenvalue weighted by atomic mass is 19.2. The lowest BCUT2D eigenvalue weighted by Crippen LogP contribution is -2.39. The molecule has 2 aromatic carbocycles. The van der Waals surface area contributed by atoms with Gasteiger partial charge in [-0.2, -0.15) is 8.78 Å². The van der Waals surface area contributed by atoms with Gasteiger partial charge in [0, 0.05) is 56.4 Å². The van der Waals surface area contributed by atoms with Crippen molar-refractivity contribution in [2.75, 3.05) is 39.0 Å². The van der Waals surface area contributed by atoms with E-state index in [2.05, 4.69) is 20.3 Å². The molecule has 4 rings (SSSR count). The quantitative estimate of drug-likeness (QED) is 0.0893. The van der Waals surface area contributed by atoms with Gasteiger partial charge in [-0.3, -0.25) is 4.99 Å². The van der Waals surface area contributed by atoms with Crippen molar-refractivity contribution < 1.29 is 41.0 Å². The largest absolute Gasteiger partial charge is 0.463 e. The number of carbonyl (C=O) groups is 2. The lowest BCUT2D eigenvalue weighted by atomic mass is 9.83. The zero-order valence-electron chi connectivity index (χ0n) is 25.8. The molecule has 0 bridgehead atoms. The number of nitrogens with one attached hydrogen (secondary N) is 1. The third-order valence-electron chi connectivity index (χ3n) is 7.64. The van der Waals surface area contributed by atoms with Crippen LogP contribution >= 0.6 is 0 Å².